The van der Waals surface area contributed by atoms with E-state index in [1.54, 1.807) is 36.4 Å². The number of rotatable bonds is 5. The van der Waals surface area contributed by atoms with Crippen molar-refractivity contribution < 1.29 is 14.5 Å². The van der Waals surface area contributed by atoms with Crippen LogP contribution in [-0.4, -0.2) is 30.0 Å². The summed E-state index contributed by atoms with van der Waals surface area (Å²) in [5, 5.41) is 13.8. The molecule has 0 unspecified atom stereocenters. The van der Waals surface area contributed by atoms with Crippen molar-refractivity contribution in [2.75, 3.05) is 23.3 Å². The Kier molecular flexibility index (Phi) is 6.87. The lowest BCUT2D eigenvalue weighted by Crippen LogP contribution is -2.44. The van der Waals surface area contributed by atoms with Crippen molar-refractivity contribution in [1.29, 1.82) is 0 Å². The van der Waals surface area contributed by atoms with Crippen LogP contribution < -0.4 is 21.1 Å². The molecular weight excluding hydrogens is 410 g/mol. The highest BCUT2D eigenvalue weighted by Gasteiger charge is 2.16. The number of nitro groups is 1. The number of hydrogen-bond donors (Lipinski definition) is 3. The molecule has 1 heterocycles. The molecule has 3 amide bonds. The predicted octanol–water partition coefficient (Wildman–Crippen LogP) is 3.63. The third kappa shape index (κ3) is 5.95. The van der Waals surface area contributed by atoms with Crippen LogP contribution in [0.2, 0.25) is 5.02 Å². The minimum Gasteiger partial charge on any atom is -0.367 e. The van der Waals surface area contributed by atoms with Gasteiger partial charge in [-0.15, -0.1) is 0 Å². The molecule has 2 aromatic carbocycles. The highest BCUT2D eigenvalue weighted by molar-refractivity contribution is 6.30. The number of anilines is 2. The summed E-state index contributed by atoms with van der Waals surface area (Å²) < 4.78 is 0. The van der Waals surface area contributed by atoms with Crippen LogP contribution in [0.1, 0.15) is 12.8 Å². The van der Waals surface area contributed by atoms with Gasteiger partial charge in [-0.2, -0.15) is 0 Å². The maximum atomic E-state index is 12.1. The number of non-ortho nitro benzene ring substituents is 1. The summed E-state index contributed by atoms with van der Waals surface area (Å²) in [4.78, 5) is 36.3. The van der Waals surface area contributed by atoms with Crippen LogP contribution in [0, 0.1) is 10.1 Å². The van der Waals surface area contributed by atoms with Gasteiger partial charge < -0.3 is 10.2 Å². The Morgan fingerprint density at radius 1 is 1.13 bits per heavy atom. The number of nitrogens with one attached hydrogen (secondary N) is 3. The fourth-order valence-electron chi connectivity index (χ4n) is 3.00. The van der Waals surface area contributed by atoms with E-state index in [-0.39, 0.29) is 18.0 Å². The Bertz CT molecular complexity index is 977. The summed E-state index contributed by atoms with van der Waals surface area (Å²) in [7, 11) is 0. The van der Waals surface area contributed by atoms with Gasteiger partial charge in [0.2, 0.25) is 5.91 Å². The van der Waals surface area contributed by atoms with Gasteiger partial charge in [0.15, 0.2) is 0 Å². The zero-order chi connectivity index (χ0) is 21.5. The van der Waals surface area contributed by atoms with Crippen LogP contribution in [0.15, 0.2) is 60.2 Å². The molecule has 0 saturated carbocycles. The molecular formula is C20H20ClN5O4. The van der Waals surface area contributed by atoms with Gasteiger partial charge in [-0.05, 0) is 36.8 Å². The van der Waals surface area contributed by atoms with Gasteiger partial charge in [-0.25, -0.2) is 10.2 Å². The lowest BCUT2D eigenvalue weighted by molar-refractivity contribution is -0.384. The second-order valence-corrected chi connectivity index (χ2v) is 7.08. The van der Waals surface area contributed by atoms with E-state index < -0.39 is 11.0 Å². The van der Waals surface area contributed by atoms with E-state index in [9.17, 15) is 19.7 Å². The number of nitro benzene ring substituents is 1. The van der Waals surface area contributed by atoms with Crippen molar-refractivity contribution in [3.8, 4) is 0 Å². The zero-order valence-electron chi connectivity index (χ0n) is 15.9. The Labute approximate surface area is 177 Å². The highest BCUT2D eigenvalue weighted by Crippen LogP contribution is 2.23. The summed E-state index contributed by atoms with van der Waals surface area (Å²) in [6, 6.07) is 12.5. The number of halogens is 1. The summed E-state index contributed by atoms with van der Waals surface area (Å²) in [5.41, 5.74) is 7.09. The van der Waals surface area contributed by atoms with Crippen LogP contribution >= 0.6 is 11.6 Å². The molecule has 10 heteroatoms. The number of benzene rings is 2. The van der Waals surface area contributed by atoms with Crippen LogP contribution in [-0.2, 0) is 4.79 Å². The first kappa shape index (κ1) is 21.1. The van der Waals surface area contributed by atoms with E-state index in [0.29, 0.717) is 30.2 Å². The fraction of sp³-hybridized carbons (Fsp3) is 0.200. The normalized spacial score (nSPS) is 13.2. The average Bonchev–Trinajstić information content (AvgIpc) is 2.73. The molecule has 0 bridgehead atoms. The number of carbonyl (C=O) groups is 2. The van der Waals surface area contributed by atoms with Crippen molar-refractivity contribution in [3.63, 3.8) is 0 Å². The minimum atomic E-state index is -0.576. The van der Waals surface area contributed by atoms with Gasteiger partial charge in [0.1, 0.15) is 0 Å². The number of urea groups is 1. The number of hydrogen-bond acceptors (Lipinski definition) is 5. The van der Waals surface area contributed by atoms with Crippen LogP contribution in [0.3, 0.4) is 0 Å². The van der Waals surface area contributed by atoms with Crippen LogP contribution in [0.4, 0.5) is 21.9 Å². The number of nitrogens with zero attached hydrogens (tertiary/aromatic N) is 2. The summed E-state index contributed by atoms with van der Waals surface area (Å²) in [5.74, 6) is -0.328. The quantitative estimate of drug-likeness (QED) is 0.381. The molecule has 3 N–H and O–H groups in total. The standard InChI is InChI=1S/C20H20ClN5O4/c21-15-2-1-3-16(13-15)22-20(28)24-23-19(27)12-14-8-10-25(11-9-14)17-4-6-18(7-5-17)26(29)30/h1-8,13H,9-12H2,(H,23,27)(H2,22,24,28). The molecule has 1 aliphatic rings. The minimum absolute atomic E-state index is 0.0514. The molecule has 3 rings (SSSR count). The summed E-state index contributed by atoms with van der Waals surface area (Å²) >= 11 is 5.85. The monoisotopic (exact) mass is 429 g/mol. The van der Waals surface area contributed by atoms with Crippen molar-refractivity contribution in [2.45, 2.75) is 12.8 Å². The lowest BCUT2D eigenvalue weighted by Gasteiger charge is -2.28. The summed E-state index contributed by atoms with van der Waals surface area (Å²) in [6.45, 7) is 1.29. The third-order valence-corrected chi connectivity index (χ3v) is 4.75. The molecule has 0 atom stereocenters. The van der Waals surface area contributed by atoms with Gasteiger partial charge in [0.25, 0.3) is 5.69 Å². The maximum absolute atomic E-state index is 12.1. The predicted molar refractivity (Wildman–Crippen MR) is 114 cm³/mol. The Morgan fingerprint density at radius 3 is 2.53 bits per heavy atom. The molecule has 2 aromatic rings. The van der Waals surface area contributed by atoms with Crippen molar-refractivity contribution in [2.24, 2.45) is 0 Å². The third-order valence-electron chi connectivity index (χ3n) is 4.51. The second kappa shape index (κ2) is 9.75. The van der Waals surface area contributed by atoms with Gasteiger partial charge in [-0.3, -0.25) is 20.3 Å². The van der Waals surface area contributed by atoms with Gasteiger partial charge in [-0.1, -0.05) is 29.3 Å². The largest absolute Gasteiger partial charge is 0.367 e. The van der Waals surface area contributed by atoms with E-state index in [2.05, 4.69) is 21.1 Å². The van der Waals surface area contributed by atoms with E-state index in [1.807, 2.05) is 6.08 Å². The molecule has 0 aromatic heterocycles. The second-order valence-electron chi connectivity index (χ2n) is 6.65. The highest BCUT2D eigenvalue weighted by atomic mass is 35.5. The molecule has 0 aliphatic carbocycles. The van der Waals surface area contributed by atoms with Crippen molar-refractivity contribution in [1.82, 2.24) is 10.9 Å². The Balaban J connectivity index is 1.43. The molecule has 0 saturated heterocycles. The summed E-state index contributed by atoms with van der Waals surface area (Å²) in [6.07, 6.45) is 2.81. The fourth-order valence-corrected chi connectivity index (χ4v) is 3.19. The molecule has 30 heavy (non-hydrogen) atoms. The van der Waals surface area contributed by atoms with E-state index in [1.165, 1.54) is 12.1 Å². The van der Waals surface area contributed by atoms with Crippen molar-refractivity contribution in [3.05, 3.63) is 75.3 Å². The lowest BCUT2D eigenvalue weighted by atomic mass is 10.0. The molecule has 9 nitrogen and oxygen atoms in total. The van der Waals surface area contributed by atoms with Gasteiger partial charge >= 0.3 is 6.03 Å². The van der Waals surface area contributed by atoms with Gasteiger partial charge in [0.05, 0.1) is 4.92 Å². The topological polar surface area (TPSA) is 117 Å². The van der Waals surface area contributed by atoms with Crippen molar-refractivity contribution >= 4 is 40.6 Å². The number of hydrazine groups is 1. The van der Waals surface area contributed by atoms with E-state index in [0.717, 1.165) is 11.3 Å². The SMILES string of the molecule is O=C(CC1=CCN(c2ccc([N+](=O)[O-])cc2)CC1)NNC(=O)Nc1cccc(Cl)c1. The van der Waals surface area contributed by atoms with E-state index in [4.69, 9.17) is 11.6 Å². The molecule has 0 fully saturated rings. The Hall–Kier alpha value is -3.59. The molecule has 0 spiro atoms. The number of carbonyl (C=O) groups excluding carboxylic acids is 2. The van der Waals surface area contributed by atoms with Crippen LogP contribution in [0.25, 0.3) is 0 Å². The Morgan fingerprint density at radius 2 is 1.90 bits per heavy atom. The average molecular weight is 430 g/mol. The molecule has 1 aliphatic heterocycles. The first-order chi connectivity index (χ1) is 14.4. The maximum Gasteiger partial charge on any atom is 0.337 e. The first-order valence-electron chi connectivity index (χ1n) is 9.19. The zero-order valence-corrected chi connectivity index (χ0v) is 16.7. The number of amides is 3. The molecule has 0 radical (unpaired) electrons. The van der Waals surface area contributed by atoms with Crippen LogP contribution in [0.5, 0.6) is 0 Å². The molecule has 156 valence electrons. The van der Waals surface area contributed by atoms with E-state index >= 15 is 0 Å². The smallest absolute Gasteiger partial charge is 0.337 e. The first-order valence-corrected chi connectivity index (χ1v) is 9.57. The van der Waals surface area contributed by atoms with Gasteiger partial charge in [0, 0.05) is 48.0 Å².